The number of benzene rings is 2. The zero-order valence-electron chi connectivity index (χ0n) is 27.3. The van der Waals surface area contributed by atoms with Crippen LogP contribution in [0, 0.1) is 0 Å². The third-order valence-electron chi connectivity index (χ3n) is 7.62. The van der Waals surface area contributed by atoms with Crippen molar-refractivity contribution in [2.45, 2.75) is 82.4 Å². The van der Waals surface area contributed by atoms with E-state index in [-0.39, 0.29) is 66.3 Å². The Bertz CT molecular complexity index is 1420. The molecule has 2 aromatic rings. The highest BCUT2D eigenvalue weighted by atomic mass is 35.5. The first-order chi connectivity index (χ1) is 23.5. The summed E-state index contributed by atoms with van der Waals surface area (Å²) in [6.45, 7) is 0.148. The molecule has 16 heteroatoms. The Morgan fingerprint density at radius 2 is 1.61 bits per heavy atom. The minimum absolute atomic E-state index is 0.0195. The highest BCUT2D eigenvalue weighted by Gasteiger charge is 2.47. The summed E-state index contributed by atoms with van der Waals surface area (Å²) >= 11 is 6.43. The number of aliphatic carboxylic acids is 1. The Balaban J connectivity index is 1.50. The van der Waals surface area contributed by atoms with Gasteiger partial charge in [-0.25, -0.2) is 4.79 Å². The number of methoxy groups -OCH3 is 2. The Labute approximate surface area is 288 Å². The second kappa shape index (κ2) is 19.9. The Kier molecular flexibility index (Phi) is 16.0. The first kappa shape index (κ1) is 39.4. The second-order valence-corrected chi connectivity index (χ2v) is 11.6. The van der Waals surface area contributed by atoms with Crippen molar-refractivity contribution in [2.24, 2.45) is 0 Å². The summed E-state index contributed by atoms with van der Waals surface area (Å²) in [5.74, 6) is -2.07. The number of halogens is 1. The van der Waals surface area contributed by atoms with Crippen molar-refractivity contribution in [1.82, 2.24) is 10.6 Å². The van der Waals surface area contributed by atoms with E-state index in [1.165, 1.54) is 26.4 Å². The fourth-order valence-electron chi connectivity index (χ4n) is 4.93. The van der Waals surface area contributed by atoms with E-state index in [1.54, 1.807) is 6.07 Å². The van der Waals surface area contributed by atoms with Gasteiger partial charge in [-0.2, -0.15) is 0 Å². The number of esters is 1. The lowest BCUT2D eigenvalue weighted by Gasteiger charge is -2.40. The average Bonchev–Trinajstić information content (AvgIpc) is 3.09. The van der Waals surface area contributed by atoms with Gasteiger partial charge in [-0.1, -0.05) is 42.3 Å². The van der Waals surface area contributed by atoms with Crippen LogP contribution in [-0.2, 0) is 41.7 Å². The molecule has 15 nitrogen and oxygen atoms in total. The Morgan fingerprint density at radius 3 is 2.29 bits per heavy atom. The van der Waals surface area contributed by atoms with E-state index >= 15 is 0 Å². The van der Waals surface area contributed by atoms with Crippen LogP contribution in [0.4, 0.5) is 0 Å². The van der Waals surface area contributed by atoms with Crippen LogP contribution in [-0.4, -0.2) is 102 Å². The van der Waals surface area contributed by atoms with Crippen molar-refractivity contribution >= 4 is 35.4 Å². The summed E-state index contributed by atoms with van der Waals surface area (Å²) in [7, 11) is 2.58. The molecule has 1 aliphatic rings. The number of unbranched alkanes of at least 4 members (excludes halogenated alkanes) is 2. The van der Waals surface area contributed by atoms with Crippen LogP contribution in [0.2, 0.25) is 5.02 Å². The molecule has 6 N–H and O–H groups in total. The summed E-state index contributed by atoms with van der Waals surface area (Å²) in [6.07, 6.45) is -4.90. The van der Waals surface area contributed by atoms with Gasteiger partial charge in [0.2, 0.25) is 11.8 Å². The molecule has 1 fully saturated rings. The molecule has 49 heavy (non-hydrogen) atoms. The van der Waals surface area contributed by atoms with Gasteiger partial charge in [0.25, 0.3) is 0 Å². The largest absolute Gasteiger partial charge is 0.496 e. The lowest BCUT2D eigenvalue weighted by Crippen LogP contribution is -2.60. The summed E-state index contributed by atoms with van der Waals surface area (Å²) in [5.41, 5.74) is 1.45. The van der Waals surface area contributed by atoms with Crippen molar-refractivity contribution in [3.63, 3.8) is 0 Å². The molecule has 0 saturated carbocycles. The molecular formula is C33H43ClN2O13. The molecule has 0 aromatic heterocycles. The van der Waals surface area contributed by atoms with Crippen LogP contribution in [0.15, 0.2) is 36.4 Å². The minimum atomic E-state index is -1.61. The number of aliphatic hydroxyl groups is 3. The summed E-state index contributed by atoms with van der Waals surface area (Å²) in [5, 5.41) is 44.3. The lowest BCUT2D eigenvalue weighted by atomic mass is 9.99. The summed E-state index contributed by atoms with van der Waals surface area (Å²) in [6, 6.07) is 9.93. The maximum Gasteiger partial charge on any atom is 0.342 e. The Morgan fingerprint density at radius 1 is 0.898 bits per heavy atom. The van der Waals surface area contributed by atoms with Gasteiger partial charge in [-0.15, -0.1) is 0 Å². The topological polar surface area (TPSA) is 219 Å². The SMILES string of the molecule is COc1cc(OCc2cccc(CNC(=O)CCC(=O)NCCCCCC(=O)O)c2)c(Cl)cc1C(=O)O[C@H]1[C@@H](OC)O[C@H](CO)[C@@H](O)[C@@H]1O. The standard InChI is InChI=1S/C33H43ClN2O13/c1-45-23-15-24(22(34)14-21(23)32(44)49-31-30(43)29(42)25(17-37)48-33(31)46-2)47-18-20-8-6-7-19(13-20)16-36-27(39)11-10-26(38)35-12-5-3-4-9-28(40)41/h6-8,13-15,25,29-31,33,37,42-43H,3-5,9-12,16-18H2,1-2H3,(H,35,38)(H,36,39)(H,40,41)/t25-,29-,30+,31-,33+/m1/s1. The molecule has 0 spiro atoms. The molecular weight excluding hydrogens is 668 g/mol. The van der Waals surface area contributed by atoms with Gasteiger partial charge in [-0.3, -0.25) is 14.4 Å². The Hall–Kier alpha value is -3.99. The predicted molar refractivity (Wildman–Crippen MR) is 173 cm³/mol. The second-order valence-electron chi connectivity index (χ2n) is 11.2. The molecule has 0 unspecified atom stereocenters. The van der Waals surface area contributed by atoms with Crippen LogP contribution < -0.4 is 20.1 Å². The molecule has 2 amide bonds. The maximum atomic E-state index is 13.1. The predicted octanol–water partition coefficient (Wildman–Crippen LogP) is 1.70. The van der Waals surface area contributed by atoms with Gasteiger partial charge in [0.1, 0.15) is 42.0 Å². The number of ether oxygens (including phenoxy) is 5. The number of carboxylic acids is 1. The van der Waals surface area contributed by atoms with Gasteiger partial charge >= 0.3 is 11.9 Å². The van der Waals surface area contributed by atoms with Crippen LogP contribution >= 0.6 is 11.6 Å². The third kappa shape index (κ3) is 12.1. The number of hydrogen-bond donors (Lipinski definition) is 6. The fraction of sp³-hybridized carbons (Fsp3) is 0.515. The molecule has 270 valence electrons. The molecule has 0 aliphatic carbocycles. The molecule has 5 atom stereocenters. The zero-order chi connectivity index (χ0) is 35.9. The van der Waals surface area contributed by atoms with E-state index < -0.39 is 49.3 Å². The van der Waals surface area contributed by atoms with E-state index in [0.717, 1.165) is 11.1 Å². The fourth-order valence-corrected chi connectivity index (χ4v) is 5.15. The van der Waals surface area contributed by atoms with Crippen molar-refractivity contribution in [3.8, 4) is 11.5 Å². The van der Waals surface area contributed by atoms with Crippen LogP contribution in [0.25, 0.3) is 0 Å². The highest BCUT2D eigenvalue weighted by molar-refractivity contribution is 6.32. The number of amides is 2. The number of carboxylic acid groups (broad SMARTS) is 1. The molecule has 3 rings (SSSR count). The molecule has 1 heterocycles. The number of nitrogens with one attached hydrogen (secondary N) is 2. The van der Waals surface area contributed by atoms with Crippen LogP contribution in [0.1, 0.15) is 60.0 Å². The first-order valence-corrected chi connectivity index (χ1v) is 16.0. The molecule has 1 saturated heterocycles. The van der Waals surface area contributed by atoms with Gasteiger partial charge in [0.05, 0.1) is 18.7 Å². The smallest absolute Gasteiger partial charge is 0.342 e. The first-order valence-electron chi connectivity index (χ1n) is 15.7. The number of hydrogen-bond acceptors (Lipinski definition) is 12. The van der Waals surface area contributed by atoms with E-state index in [1.807, 2.05) is 18.2 Å². The van der Waals surface area contributed by atoms with Gasteiger partial charge in [0, 0.05) is 45.5 Å². The van der Waals surface area contributed by atoms with Crippen molar-refractivity contribution < 1.29 is 63.3 Å². The van der Waals surface area contributed by atoms with Gasteiger partial charge in [0.15, 0.2) is 12.4 Å². The monoisotopic (exact) mass is 710 g/mol. The normalized spacial score (nSPS) is 20.2. The highest BCUT2D eigenvalue weighted by Crippen LogP contribution is 2.35. The molecule has 0 radical (unpaired) electrons. The number of carbonyl (C=O) groups is 4. The number of rotatable bonds is 19. The zero-order valence-corrected chi connectivity index (χ0v) is 28.0. The van der Waals surface area contributed by atoms with Crippen LogP contribution in [0.5, 0.6) is 11.5 Å². The minimum Gasteiger partial charge on any atom is -0.496 e. The molecule has 0 bridgehead atoms. The van der Waals surface area contributed by atoms with Crippen molar-refractivity contribution in [2.75, 3.05) is 27.4 Å². The van der Waals surface area contributed by atoms with Gasteiger partial charge < -0.3 is 54.7 Å². The lowest BCUT2D eigenvalue weighted by molar-refractivity contribution is -0.293. The quantitative estimate of drug-likeness (QED) is 0.0904. The van der Waals surface area contributed by atoms with E-state index in [2.05, 4.69) is 10.6 Å². The van der Waals surface area contributed by atoms with E-state index in [0.29, 0.717) is 25.8 Å². The average molecular weight is 711 g/mol. The van der Waals surface area contributed by atoms with Crippen molar-refractivity contribution in [3.05, 3.63) is 58.1 Å². The van der Waals surface area contributed by atoms with Crippen LogP contribution in [0.3, 0.4) is 0 Å². The van der Waals surface area contributed by atoms with E-state index in [9.17, 15) is 34.5 Å². The third-order valence-corrected chi connectivity index (χ3v) is 7.91. The molecule has 1 aliphatic heterocycles. The molecule has 2 aromatic carbocycles. The summed E-state index contributed by atoms with van der Waals surface area (Å²) in [4.78, 5) is 47.9. The van der Waals surface area contributed by atoms with E-state index in [4.69, 9.17) is 40.4 Å². The summed E-state index contributed by atoms with van der Waals surface area (Å²) < 4.78 is 27.2. The maximum absolute atomic E-state index is 13.1. The van der Waals surface area contributed by atoms with Gasteiger partial charge in [-0.05, 0) is 30.0 Å². The number of aliphatic hydroxyl groups excluding tert-OH is 3. The number of carbonyl (C=O) groups excluding carboxylic acids is 3. The van der Waals surface area contributed by atoms with Crippen molar-refractivity contribution in [1.29, 1.82) is 0 Å².